The van der Waals surface area contributed by atoms with Gasteiger partial charge < -0.3 is 9.84 Å². The molecule has 1 heterocycles. The number of ether oxygens (including phenoxy) is 1. The number of hydrogen-bond acceptors (Lipinski definition) is 3. The summed E-state index contributed by atoms with van der Waals surface area (Å²) >= 11 is 0. The first-order valence-corrected chi connectivity index (χ1v) is 5.41. The summed E-state index contributed by atoms with van der Waals surface area (Å²) in [4.78, 5) is 4.32. The molecule has 15 heavy (non-hydrogen) atoms. The van der Waals surface area contributed by atoms with E-state index in [1.165, 1.54) is 12.8 Å². The van der Waals surface area contributed by atoms with Gasteiger partial charge in [-0.2, -0.15) is 0 Å². The number of hydrogen-bond donors (Lipinski definition) is 1. The third-order valence-corrected chi connectivity index (χ3v) is 2.75. The van der Waals surface area contributed by atoms with Crippen molar-refractivity contribution >= 4 is 0 Å². The Labute approximate surface area is 90.1 Å². The van der Waals surface area contributed by atoms with Gasteiger partial charge >= 0.3 is 0 Å². The van der Waals surface area contributed by atoms with Gasteiger partial charge in [-0.05, 0) is 44.2 Å². The van der Waals surface area contributed by atoms with Crippen molar-refractivity contribution in [2.24, 2.45) is 5.92 Å². The number of aliphatic hydroxyl groups excluding tert-OH is 1. The van der Waals surface area contributed by atoms with E-state index in [1.807, 2.05) is 19.9 Å². The van der Waals surface area contributed by atoms with Gasteiger partial charge in [0.1, 0.15) is 0 Å². The molecule has 1 fully saturated rings. The van der Waals surface area contributed by atoms with Crippen LogP contribution in [0.5, 0.6) is 5.88 Å². The maximum Gasteiger partial charge on any atom is 0.219 e. The van der Waals surface area contributed by atoms with Crippen LogP contribution in [0, 0.1) is 19.8 Å². The number of aryl methyl sites for hydroxylation is 2. The number of aromatic nitrogens is 1. The minimum Gasteiger partial charge on any atom is -0.477 e. The Kier molecular flexibility index (Phi) is 2.91. The Morgan fingerprint density at radius 1 is 1.47 bits per heavy atom. The highest BCUT2D eigenvalue weighted by atomic mass is 16.5. The van der Waals surface area contributed by atoms with Crippen LogP contribution in [0.3, 0.4) is 0 Å². The van der Waals surface area contributed by atoms with Crippen molar-refractivity contribution < 1.29 is 9.84 Å². The highest BCUT2D eigenvalue weighted by Crippen LogP contribution is 2.30. The van der Waals surface area contributed by atoms with Crippen LogP contribution in [-0.4, -0.2) is 16.7 Å². The average molecular weight is 207 g/mol. The third-order valence-electron chi connectivity index (χ3n) is 2.75. The monoisotopic (exact) mass is 207 g/mol. The van der Waals surface area contributed by atoms with Crippen LogP contribution in [0.4, 0.5) is 0 Å². The highest BCUT2D eigenvalue weighted by Gasteiger charge is 2.23. The smallest absolute Gasteiger partial charge is 0.219 e. The molecule has 0 spiro atoms. The molecule has 1 N–H and O–H groups in total. The van der Waals surface area contributed by atoms with Gasteiger partial charge in [-0.25, -0.2) is 4.98 Å². The van der Waals surface area contributed by atoms with E-state index in [-0.39, 0.29) is 6.61 Å². The minimum atomic E-state index is -0.000880. The molecule has 0 aliphatic heterocycles. The fourth-order valence-electron chi connectivity index (χ4n) is 1.62. The summed E-state index contributed by atoms with van der Waals surface area (Å²) < 4.78 is 5.64. The molecule has 3 nitrogen and oxygen atoms in total. The molecule has 0 amide bonds. The molecule has 1 aromatic rings. The predicted molar refractivity (Wildman–Crippen MR) is 57.9 cm³/mol. The lowest BCUT2D eigenvalue weighted by Gasteiger charge is -2.11. The minimum absolute atomic E-state index is 0.000880. The number of pyridine rings is 1. The maximum absolute atomic E-state index is 9.25. The summed E-state index contributed by atoms with van der Waals surface area (Å²) in [5.74, 6) is 1.32. The lowest BCUT2D eigenvalue weighted by atomic mass is 10.1. The molecule has 1 aliphatic carbocycles. The second-order valence-corrected chi connectivity index (χ2v) is 4.28. The van der Waals surface area contributed by atoms with E-state index in [0.717, 1.165) is 23.4 Å². The molecule has 1 aromatic heterocycles. The fraction of sp³-hybridized carbons (Fsp3) is 0.583. The average Bonchev–Trinajstić information content (AvgIpc) is 2.97. The first kappa shape index (κ1) is 10.4. The number of aliphatic hydroxyl groups is 1. The number of rotatable bonds is 4. The SMILES string of the molecule is Cc1cc(C)c(CO)c(OCC2CC2)n1. The first-order chi connectivity index (χ1) is 7.20. The Bertz CT molecular complexity index is 359. The van der Waals surface area contributed by atoms with Gasteiger partial charge in [-0.1, -0.05) is 0 Å². The van der Waals surface area contributed by atoms with Gasteiger partial charge in [0.15, 0.2) is 0 Å². The van der Waals surface area contributed by atoms with Gasteiger partial charge in [-0.3, -0.25) is 0 Å². The molecule has 0 radical (unpaired) electrons. The molecular formula is C12H17NO2. The topological polar surface area (TPSA) is 42.4 Å². The van der Waals surface area contributed by atoms with Crippen molar-refractivity contribution in [1.82, 2.24) is 4.98 Å². The molecule has 1 aliphatic rings. The summed E-state index contributed by atoms with van der Waals surface area (Å²) in [5.41, 5.74) is 2.81. The Balaban J connectivity index is 2.17. The van der Waals surface area contributed by atoms with E-state index in [2.05, 4.69) is 4.98 Å². The fourth-order valence-corrected chi connectivity index (χ4v) is 1.62. The van der Waals surface area contributed by atoms with Crippen molar-refractivity contribution in [3.05, 3.63) is 22.9 Å². The molecule has 82 valence electrons. The van der Waals surface area contributed by atoms with Crippen molar-refractivity contribution in [2.75, 3.05) is 6.61 Å². The second-order valence-electron chi connectivity index (χ2n) is 4.28. The standard InChI is InChI=1S/C12H17NO2/c1-8-5-9(2)13-12(11(8)6-14)15-7-10-3-4-10/h5,10,14H,3-4,6-7H2,1-2H3. The summed E-state index contributed by atoms with van der Waals surface area (Å²) in [6.45, 7) is 4.66. The lowest BCUT2D eigenvalue weighted by Crippen LogP contribution is -2.06. The van der Waals surface area contributed by atoms with E-state index in [4.69, 9.17) is 4.74 Å². The Morgan fingerprint density at radius 2 is 2.20 bits per heavy atom. The zero-order valence-corrected chi connectivity index (χ0v) is 9.29. The zero-order chi connectivity index (χ0) is 10.8. The molecule has 1 saturated carbocycles. The molecule has 3 heteroatoms. The summed E-state index contributed by atoms with van der Waals surface area (Å²) in [5, 5.41) is 9.25. The molecule has 2 rings (SSSR count). The van der Waals surface area contributed by atoms with E-state index >= 15 is 0 Å². The first-order valence-electron chi connectivity index (χ1n) is 5.41. The largest absolute Gasteiger partial charge is 0.477 e. The second kappa shape index (κ2) is 4.19. The quantitative estimate of drug-likeness (QED) is 0.820. The molecule has 0 atom stereocenters. The Hall–Kier alpha value is -1.09. The predicted octanol–water partition coefficient (Wildman–Crippen LogP) is 1.98. The van der Waals surface area contributed by atoms with Crippen molar-refractivity contribution in [3.8, 4) is 5.88 Å². The molecule has 0 aromatic carbocycles. The number of nitrogens with zero attached hydrogens (tertiary/aromatic N) is 1. The van der Waals surface area contributed by atoms with Gasteiger partial charge in [0.2, 0.25) is 5.88 Å². The molecule has 0 unspecified atom stereocenters. The van der Waals surface area contributed by atoms with Crippen molar-refractivity contribution in [3.63, 3.8) is 0 Å². The van der Waals surface area contributed by atoms with E-state index < -0.39 is 0 Å². The van der Waals surface area contributed by atoms with Gasteiger partial charge in [0.05, 0.1) is 13.2 Å². The lowest BCUT2D eigenvalue weighted by molar-refractivity contribution is 0.250. The van der Waals surface area contributed by atoms with Crippen LogP contribution in [0.25, 0.3) is 0 Å². The zero-order valence-electron chi connectivity index (χ0n) is 9.29. The molecular weight excluding hydrogens is 190 g/mol. The Morgan fingerprint density at radius 3 is 2.80 bits per heavy atom. The third kappa shape index (κ3) is 2.48. The van der Waals surface area contributed by atoms with Gasteiger partial charge in [0.25, 0.3) is 0 Å². The van der Waals surface area contributed by atoms with Crippen LogP contribution in [-0.2, 0) is 6.61 Å². The van der Waals surface area contributed by atoms with E-state index in [9.17, 15) is 5.11 Å². The van der Waals surface area contributed by atoms with Gasteiger partial charge in [0, 0.05) is 11.3 Å². The van der Waals surface area contributed by atoms with E-state index in [0.29, 0.717) is 11.8 Å². The summed E-state index contributed by atoms with van der Waals surface area (Å²) in [7, 11) is 0. The normalized spacial score (nSPS) is 15.4. The van der Waals surface area contributed by atoms with E-state index in [1.54, 1.807) is 0 Å². The van der Waals surface area contributed by atoms with Gasteiger partial charge in [-0.15, -0.1) is 0 Å². The highest BCUT2D eigenvalue weighted by molar-refractivity contribution is 5.35. The molecule has 0 bridgehead atoms. The van der Waals surface area contributed by atoms with Crippen LogP contribution in [0.15, 0.2) is 6.07 Å². The summed E-state index contributed by atoms with van der Waals surface area (Å²) in [6, 6.07) is 1.97. The summed E-state index contributed by atoms with van der Waals surface area (Å²) in [6.07, 6.45) is 2.53. The van der Waals surface area contributed by atoms with Crippen molar-refractivity contribution in [1.29, 1.82) is 0 Å². The van der Waals surface area contributed by atoms with Crippen LogP contribution in [0.2, 0.25) is 0 Å². The van der Waals surface area contributed by atoms with Crippen LogP contribution < -0.4 is 4.74 Å². The molecule has 0 saturated heterocycles. The maximum atomic E-state index is 9.25. The van der Waals surface area contributed by atoms with Crippen LogP contribution >= 0.6 is 0 Å². The van der Waals surface area contributed by atoms with Crippen molar-refractivity contribution in [2.45, 2.75) is 33.3 Å². The van der Waals surface area contributed by atoms with Crippen LogP contribution in [0.1, 0.15) is 29.7 Å².